The molecule has 1 aromatic heterocycles. The van der Waals surface area contributed by atoms with Crippen LogP contribution in [0.2, 0.25) is 0 Å². The minimum atomic E-state index is 0.365. The van der Waals surface area contributed by atoms with Crippen molar-refractivity contribution in [2.75, 3.05) is 12.8 Å². The molecule has 0 aliphatic carbocycles. The van der Waals surface area contributed by atoms with Crippen LogP contribution in [0.4, 0.5) is 5.82 Å². The molecule has 18 heavy (non-hydrogen) atoms. The summed E-state index contributed by atoms with van der Waals surface area (Å²) in [6.45, 7) is 0.933. The fourth-order valence-corrected chi connectivity index (χ4v) is 1.49. The Morgan fingerprint density at radius 3 is 2.78 bits per heavy atom. The van der Waals surface area contributed by atoms with Crippen molar-refractivity contribution >= 4 is 5.82 Å². The molecule has 5 nitrogen and oxygen atoms in total. The van der Waals surface area contributed by atoms with E-state index >= 15 is 0 Å². The van der Waals surface area contributed by atoms with Gasteiger partial charge in [-0.25, -0.2) is 4.98 Å². The van der Waals surface area contributed by atoms with E-state index in [9.17, 15) is 0 Å². The van der Waals surface area contributed by atoms with Crippen LogP contribution >= 0.6 is 0 Å². The minimum absolute atomic E-state index is 0.365. The van der Waals surface area contributed by atoms with E-state index in [2.05, 4.69) is 9.97 Å². The fourth-order valence-electron chi connectivity index (χ4n) is 1.49. The van der Waals surface area contributed by atoms with Gasteiger partial charge in [0.2, 0.25) is 0 Å². The van der Waals surface area contributed by atoms with Crippen molar-refractivity contribution in [3.05, 3.63) is 47.9 Å². The second-order valence-corrected chi connectivity index (χ2v) is 3.80. The monoisotopic (exact) mass is 245 g/mol. The molecule has 94 valence electrons. The van der Waals surface area contributed by atoms with Gasteiger partial charge in [0, 0.05) is 7.11 Å². The van der Waals surface area contributed by atoms with Crippen LogP contribution in [-0.4, -0.2) is 17.1 Å². The Balaban J connectivity index is 1.97. The summed E-state index contributed by atoms with van der Waals surface area (Å²) in [5.41, 5.74) is 7.26. The lowest BCUT2D eigenvalue weighted by Crippen LogP contribution is -2.01. The summed E-state index contributed by atoms with van der Waals surface area (Å²) in [5, 5.41) is 0. The van der Waals surface area contributed by atoms with Gasteiger partial charge in [0.1, 0.15) is 18.2 Å². The molecular weight excluding hydrogens is 230 g/mol. The quantitative estimate of drug-likeness (QED) is 0.869. The zero-order valence-corrected chi connectivity index (χ0v) is 10.2. The van der Waals surface area contributed by atoms with E-state index in [0.29, 0.717) is 19.0 Å². The van der Waals surface area contributed by atoms with E-state index in [1.165, 1.54) is 6.20 Å². The van der Waals surface area contributed by atoms with Gasteiger partial charge in [-0.1, -0.05) is 12.1 Å². The van der Waals surface area contributed by atoms with E-state index in [1.807, 2.05) is 24.3 Å². The van der Waals surface area contributed by atoms with Crippen LogP contribution in [0.25, 0.3) is 0 Å². The first-order valence-corrected chi connectivity index (χ1v) is 5.55. The Kier molecular flexibility index (Phi) is 4.09. The van der Waals surface area contributed by atoms with Crippen LogP contribution < -0.4 is 10.5 Å². The topological polar surface area (TPSA) is 70.3 Å². The average Bonchev–Trinajstić information content (AvgIpc) is 2.39. The molecule has 2 N–H and O–H groups in total. The maximum Gasteiger partial charge on any atom is 0.141 e. The van der Waals surface area contributed by atoms with Crippen molar-refractivity contribution in [1.82, 2.24) is 9.97 Å². The maximum absolute atomic E-state index is 5.62. The smallest absolute Gasteiger partial charge is 0.141 e. The van der Waals surface area contributed by atoms with E-state index < -0.39 is 0 Å². The molecule has 0 saturated heterocycles. The first-order valence-electron chi connectivity index (χ1n) is 5.55. The van der Waals surface area contributed by atoms with Gasteiger partial charge < -0.3 is 15.2 Å². The lowest BCUT2D eigenvalue weighted by molar-refractivity contribution is 0.184. The molecule has 0 saturated carbocycles. The van der Waals surface area contributed by atoms with Gasteiger partial charge in [-0.2, -0.15) is 0 Å². The van der Waals surface area contributed by atoms with Crippen molar-refractivity contribution in [3.63, 3.8) is 0 Å². The highest BCUT2D eigenvalue weighted by molar-refractivity contribution is 5.28. The summed E-state index contributed by atoms with van der Waals surface area (Å²) >= 11 is 0. The first-order chi connectivity index (χ1) is 8.78. The highest BCUT2D eigenvalue weighted by Gasteiger charge is 1.99. The molecule has 0 bridgehead atoms. The molecular formula is C13H15N3O2. The summed E-state index contributed by atoms with van der Waals surface area (Å²) in [4.78, 5) is 8.07. The second kappa shape index (κ2) is 5.97. The number of ether oxygens (including phenoxy) is 2. The number of aromatic nitrogens is 2. The highest BCUT2D eigenvalue weighted by Crippen LogP contribution is 2.15. The van der Waals surface area contributed by atoms with Gasteiger partial charge in [-0.05, 0) is 17.7 Å². The number of nitrogens with zero attached hydrogens (tertiary/aromatic N) is 2. The number of nitrogen functional groups attached to an aromatic ring is 1. The number of benzene rings is 1. The molecule has 0 fully saturated rings. The van der Waals surface area contributed by atoms with Crippen LogP contribution in [-0.2, 0) is 18.0 Å². The summed E-state index contributed by atoms with van der Waals surface area (Å²) in [6, 6.07) is 7.75. The van der Waals surface area contributed by atoms with Gasteiger partial charge in [0.15, 0.2) is 0 Å². The molecule has 0 radical (unpaired) electrons. The van der Waals surface area contributed by atoms with Gasteiger partial charge in [0.25, 0.3) is 0 Å². The van der Waals surface area contributed by atoms with Gasteiger partial charge in [-0.3, -0.25) is 4.98 Å². The van der Waals surface area contributed by atoms with Crippen LogP contribution in [0.1, 0.15) is 11.3 Å². The Morgan fingerprint density at radius 2 is 2.06 bits per heavy atom. The lowest BCUT2D eigenvalue weighted by Gasteiger charge is -2.07. The Bertz CT molecular complexity index is 500. The molecule has 0 aliphatic rings. The van der Waals surface area contributed by atoms with Crippen molar-refractivity contribution in [2.45, 2.75) is 13.2 Å². The van der Waals surface area contributed by atoms with Crippen LogP contribution in [0.15, 0.2) is 36.7 Å². The third-order valence-electron chi connectivity index (χ3n) is 2.32. The normalized spacial score (nSPS) is 10.3. The zero-order valence-electron chi connectivity index (χ0n) is 10.2. The molecule has 1 heterocycles. The second-order valence-electron chi connectivity index (χ2n) is 3.80. The van der Waals surface area contributed by atoms with Gasteiger partial charge >= 0.3 is 0 Å². The highest BCUT2D eigenvalue weighted by atomic mass is 16.5. The van der Waals surface area contributed by atoms with Crippen molar-refractivity contribution in [2.24, 2.45) is 0 Å². The first kappa shape index (κ1) is 12.3. The molecule has 0 amide bonds. The number of nitrogens with two attached hydrogens (primary N) is 1. The maximum atomic E-state index is 5.62. The van der Waals surface area contributed by atoms with E-state index in [-0.39, 0.29) is 0 Å². The molecule has 0 atom stereocenters. The van der Waals surface area contributed by atoms with Crippen molar-refractivity contribution < 1.29 is 9.47 Å². The Labute approximate surface area is 106 Å². The minimum Gasteiger partial charge on any atom is -0.487 e. The number of anilines is 1. The van der Waals surface area contributed by atoms with Crippen LogP contribution in [0.3, 0.4) is 0 Å². The predicted octanol–water partition coefficient (Wildman–Crippen LogP) is 1.78. The van der Waals surface area contributed by atoms with E-state index in [1.54, 1.807) is 13.3 Å². The Morgan fingerprint density at radius 1 is 1.17 bits per heavy atom. The van der Waals surface area contributed by atoms with E-state index in [0.717, 1.165) is 17.0 Å². The lowest BCUT2D eigenvalue weighted by atomic mass is 10.2. The number of methoxy groups -OCH3 is 1. The fraction of sp³-hybridized carbons (Fsp3) is 0.231. The number of hydrogen-bond acceptors (Lipinski definition) is 5. The van der Waals surface area contributed by atoms with Crippen molar-refractivity contribution in [3.8, 4) is 5.75 Å². The van der Waals surface area contributed by atoms with Crippen LogP contribution in [0.5, 0.6) is 5.75 Å². The third kappa shape index (κ3) is 3.43. The van der Waals surface area contributed by atoms with Crippen molar-refractivity contribution in [1.29, 1.82) is 0 Å². The summed E-state index contributed by atoms with van der Waals surface area (Å²) in [6.07, 6.45) is 3.12. The molecule has 0 spiro atoms. The SMILES string of the molecule is COCc1cccc(OCc2cnc(N)cn2)c1. The van der Waals surface area contributed by atoms with Gasteiger partial charge in [0.05, 0.1) is 24.7 Å². The summed E-state index contributed by atoms with van der Waals surface area (Å²) in [7, 11) is 1.66. The molecule has 1 aromatic carbocycles. The standard InChI is InChI=1S/C13H15N3O2/c1-17-8-10-3-2-4-12(5-10)18-9-11-6-16-13(14)7-15-11/h2-7H,8-9H2,1H3,(H2,14,16). The summed E-state index contributed by atoms with van der Waals surface area (Å²) < 4.78 is 10.7. The molecule has 2 rings (SSSR count). The predicted molar refractivity (Wildman–Crippen MR) is 67.9 cm³/mol. The largest absolute Gasteiger partial charge is 0.487 e. The number of rotatable bonds is 5. The molecule has 0 aliphatic heterocycles. The van der Waals surface area contributed by atoms with Gasteiger partial charge in [-0.15, -0.1) is 0 Å². The molecule has 2 aromatic rings. The third-order valence-corrected chi connectivity index (χ3v) is 2.32. The average molecular weight is 245 g/mol. The van der Waals surface area contributed by atoms with E-state index in [4.69, 9.17) is 15.2 Å². The molecule has 5 heteroatoms. The zero-order chi connectivity index (χ0) is 12.8. The molecule has 0 unspecified atom stereocenters. The summed E-state index contributed by atoms with van der Waals surface area (Å²) in [5.74, 6) is 1.18. The Hall–Kier alpha value is -2.14. The number of hydrogen-bond donors (Lipinski definition) is 1. The van der Waals surface area contributed by atoms with Crippen LogP contribution in [0, 0.1) is 0 Å².